The van der Waals surface area contributed by atoms with Gasteiger partial charge in [0.2, 0.25) is 0 Å². The minimum absolute atomic E-state index is 0.0478. The van der Waals surface area contributed by atoms with Crippen molar-refractivity contribution in [2.75, 3.05) is 18.5 Å². The normalized spacial score (nSPS) is 13.7. The van der Waals surface area contributed by atoms with E-state index < -0.39 is 12.7 Å². The second-order valence-electron chi connectivity index (χ2n) is 5.05. The van der Waals surface area contributed by atoms with Gasteiger partial charge in [0.05, 0.1) is 0 Å². The van der Waals surface area contributed by atoms with E-state index in [-0.39, 0.29) is 12.1 Å². The highest BCUT2D eigenvalue weighted by atomic mass is 35.5. The molecule has 0 bridgehead atoms. The average Bonchev–Trinajstić information content (AvgIpc) is 2.33. The molecule has 0 aromatic heterocycles. The van der Waals surface area contributed by atoms with Gasteiger partial charge >= 0.3 is 6.18 Å². The molecule has 20 heavy (non-hydrogen) atoms. The largest absolute Gasteiger partial charge is 0.405 e. The maximum absolute atomic E-state index is 12.6. The Bertz CT molecular complexity index is 447. The molecule has 2 nitrogen and oxygen atoms in total. The van der Waals surface area contributed by atoms with Crippen LogP contribution in [0.4, 0.5) is 18.9 Å². The third-order valence-electron chi connectivity index (χ3n) is 3.19. The Morgan fingerprint density at radius 3 is 2.25 bits per heavy atom. The highest BCUT2D eigenvalue weighted by Gasteiger charge is 2.32. The van der Waals surface area contributed by atoms with Gasteiger partial charge in [-0.3, -0.25) is 0 Å². The number of hydrogen-bond donors (Lipinski definition) is 1. The van der Waals surface area contributed by atoms with Crippen LogP contribution in [-0.2, 0) is 0 Å². The second kappa shape index (κ2) is 6.68. The standard InChI is InChI=1S/C14H20ClF3N2/c1-9(2)20(8-14(16,17)18)11-5-6-12(10(3)19-4)13(15)7-11/h5-7,9-10,19H,8H2,1-4H3. The van der Waals surface area contributed by atoms with E-state index in [0.29, 0.717) is 10.7 Å². The summed E-state index contributed by atoms with van der Waals surface area (Å²) in [7, 11) is 1.80. The van der Waals surface area contributed by atoms with Crippen molar-refractivity contribution in [1.29, 1.82) is 0 Å². The lowest BCUT2D eigenvalue weighted by Crippen LogP contribution is -2.39. The fraction of sp³-hybridized carbons (Fsp3) is 0.571. The van der Waals surface area contributed by atoms with E-state index in [1.54, 1.807) is 39.1 Å². The number of halogens is 4. The number of anilines is 1. The Balaban J connectivity index is 3.07. The first-order valence-electron chi connectivity index (χ1n) is 6.45. The highest BCUT2D eigenvalue weighted by molar-refractivity contribution is 6.31. The summed E-state index contributed by atoms with van der Waals surface area (Å²) in [5, 5.41) is 3.52. The van der Waals surface area contributed by atoms with Crippen molar-refractivity contribution in [2.45, 2.75) is 39.0 Å². The van der Waals surface area contributed by atoms with Crippen molar-refractivity contribution < 1.29 is 13.2 Å². The molecule has 1 N–H and O–H groups in total. The molecule has 1 aromatic carbocycles. The van der Waals surface area contributed by atoms with Crippen LogP contribution >= 0.6 is 11.6 Å². The van der Waals surface area contributed by atoms with Gasteiger partial charge in [0.15, 0.2) is 0 Å². The maximum atomic E-state index is 12.6. The van der Waals surface area contributed by atoms with E-state index in [1.165, 1.54) is 4.90 Å². The Morgan fingerprint density at radius 2 is 1.85 bits per heavy atom. The summed E-state index contributed by atoms with van der Waals surface area (Å²) in [6.45, 7) is 4.41. The average molecular weight is 309 g/mol. The van der Waals surface area contributed by atoms with Gasteiger partial charge in [-0.1, -0.05) is 17.7 Å². The topological polar surface area (TPSA) is 15.3 Å². The molecule has 6 heteroatoms. The Labute approximate surface area is 122 Å². The number of benzene rings is 1. The van der Waals surface area contributed by atoms with Gasteiger partial charge in [0, 0.05) is 22.8 Å². The summed E-state index contributed by atoms with van der Waals surface area (Å²) in [4.78, 5) is 1.29. The van der Waals surface area contributed by atoms with Gasteiger partial charge in [0.1, 0.15) is 6.54 Å². The van der Waals surface area contributed by atoms with Crippen LogP contribution in [0.3, 0.4) is 0 Å². The number of rotatable bonds is 5. The molecule has 0 saturated heterocycles. The number of alkyl halides is 3. The molecule has 0 saturated carbocycles. The third kappa shape index (κ3) is 4.56. The van der Waals surface area contributed by atoms with Crippen LogP contribution in [0.15, 0.2) is 18.2 Å². The molecule has 0 heterocycles. The first-order chi connectivity index (χ1) is 9.15. The van der Waals surface area contributed by atoms with Gasteiger partial charge in [-0.15, -0.1) is 0 Å². The number of hydrogen-bond acceptors (Lipinski definition) is 2. The van der Waals surface area contributed by atoms with Crippen LogP contribution in [0.1, 0.15) is 32.4 Å². The van der Waals surface area contributed by atoms with E-state index in [1.807, 2.05) is 6.92 Å². The molecule has 1 aromatic rings. The molecule has 0 radical (unpaired) electrons. The molecular formula is C14H20ClF3N2. The smallest absolute Gasteiger partial charge is 0.360 e. The van der Waals surface area contributed by atoms with Crippen LogP contribution in [0, 0.1) is 0 Å². The van der Waals surface area contributed by atoms with E-state index in [2.05, 4.69) is 5.32 Å². The lowest BCUT2D eigenvalue weighted by Gasteiger charge is -2.30. The summed E-state index contributed by atoms with van der Waals surface area (Å²) >= 11 is 6.18. The lowest BCUT2D eigenvalue weighted by molar-refractivity contribution is -0.120. The first kappa shape index (κ1) is 17.1. The predicted molar refractivity (Wildman–Crippen MR) is 77.5 cm³/mol. The molecule has 0 aliphatic rings. The van der Waals surface area contributed by atoms with Crippen molar-refractivity contribution in [3.8, 4) is 0 Å². The minimum atomic E-state index is -4.24. The van der Waals surface area contributed by atoms with Crippen LogP contribution in [0.5, 0.6) is 0 Å². The molecule has 0 spiro atoms. The zero-order valence-corrected chi connectivity index (χ0v) is 12.8. The van der Waals surface area contributed by atoms with E-state index in [0.717, 1.165) is 5.56 Å². The molecule has 1 unspecified atom stereocenters. The summed E-state index contributed by atoms with van der Waals surface area (Å²) in [5.74, 6) is 0. The zero-order chi connectivity index (χ0) is 15.5. The molecule has 0 amide bonds. The number of nitrogens with zero attached hydrogens (tertiary/aromatic N) is 1. The van der Waals surface area contributed by atoms with Gasteiger partial charge in [0.25, 0.3) is 0 Å². The van der Waals surface area contributed by atoms with Gasteiger partial charge in [-0.2, -0.15) is 13.2 Å². The van der Waals surface area contributed by atoms with Crippen molar-refractivity contribution in [3.05, 3.63) is 28.8 Å². The third-order valence-corrected chi connectivity index (χ3v) is 3.52. The predicted octanol–water partition coefficient (Wildman–Crippen LogP) is 4.40. The molecular weight excluding hydrogens is 289 g/mol. The maximum Gasteiger partial charge on any atom is 0.405 e. The molecule has 1 rings (SSSR count). The van der Waals surface area contributed by atoms with E-state index in [4.69, 9.17) is 11.6 Å². The molecule has 0 aliphatic carbocycles. The minimum Gasteiger partial charge on any atom is -0.360 e. The second-order valence-corrected chi connectivity index (χ2v) is 5.46. The van der Waals surface area contributed by atoms with Gasteiger partial charge in [-0.25, -0.2) is 0 Å². The summed E-state index contributed by atoms with van der Waals surface area (Å²) < 4.78 is 37.9. The Hall–Kier alpha value is -0.940. The molecule has 0 fully saturated rings. The summed E-state index contributed by atoms with van der Waals surface area (Å²) in [6, 6.07) is 4.83. The fourth-order valence-electron chi connectivity index (χ4n) is 1.97. The Morgan fingerprint density at radius 1 is 1.25 bits per heavy atom. The van der Waals surface area contributed by atoms with Gasteiger partial charge in [-0.05, 0) is 45.5 Å². The monoisotopic (exact) mass is 308 g/mol. The van der Waals surface area contributed by atoms with Crippen LogP contribution in [0.25, 0.3) is 0 Å². The van der Waals surface area contributed by atoms with Gasteiger partial charge < -0.3 is 10.2 Å². The van der Waals surface area contributed by atoms with Crippen molar-refractivity contribution in [2.24, 2.45) is 0 Å². The van der Waals surface area contributed by atoms with Crippen LogP contribution in [0.2, 0.25) is 5.02 Å². The van der Waals surface area contributed by atoms with Crippen molar-refractivity contribution in [1.82, 2.24) is 5.32 Å². The fourth-order valence-corrected chi connectivity index (χ4v) is 2.30. The Kier molecular flexibility index (Phi) is 5.71. The van der Waals surface area contributed by atoms with Crippen LogP contribution in [-0.4, -0.2) is 25.8 Å². The van der Waals surface area contributed by atoms with E-state index in [9.17, 15) is 13.2 Å². The van der Waals surface area contributed by atoms with E-state index >= 15 is 0 Å². The molecule has 114 valence electrons. The quantitative estimate of drug-likeness (QED) is 0.867. The molecule has 1 atom stereocenters. The van der Waals surface area contributed by atoms with Crippen molar-refractivity contribution >= 4 is 17.3 Å². The summed E-state index contributed by atoms with van der Waals surface area (Å²) in [5.41, 5.74) is 1.35. The summed E-state index contributed by atoms with van der Waals surface area (Å²) in [6.07, 6.45) is -4.24. The molecule has 0 aliphatic heterocycles. The highest BCUT2D eigenvalue weighted by Crippen LogP contribution is 2.30. The number of nitrogens with one attached hydrogen (secondary N) is 1. The zero-order valence-electron chi connectivity index (χ0n) is 12.1. The van der Waals surface area contributed by atoms with Crippen LogP contribution < -0.4 is 10.2 Å². The van der Waals surface area contributed by atoms with Crippen molar-refractivity contribution in [3.63, 3.8) is 0 Å². The first-order valence-corrected chi connectivity index (χ1v) is 6.83. The lowest BCUT2D eigenvalue weighted by atomic mass is 10.1. The SMILES string of the molecule is CNC(C)c1ccc(N(CC(F)(F)F)C(C)C)cc1Cl.